The number of para-hydroxylation sites is 1. The summed E-state index contributed by atoms with van der Waals surface area (Å²) in [7, 11) is 0. The normalized spacial score (nSPS) is 11.1. The summed E-state index contributed by atoms with van der Waals surface area (Å²) < 4.78 is 5.82. The predicted octanol–water partition coefficient (Wildman–Crippen LogP) is 4.27. The summed E-state index contributed by atoms with van der Waals surface area (Å²) in [6, 6.07) is 8.14. The second kappa shape index (κ2) is 7.98. The van der Waals surface area contributed by atoms with Crippen LogP contribution in [0.3, 0.4) is 0 Å². The van der Waals surface area contributed by atoms with Crippen molar-refractivity contribution in [1.29, 1.82) is 0 Å². The van der Waals surface area contributed by atoms with E-state index in [-0.39, 0.29) is 5.92 Å². The summed E-state index contributed by atoms with van der Waals surface area (Å²) in [5.74, 6) is 1.98. The minimum Gasteiger partial charge on any atom is -0.493 e. The van der Waals surface area contributed by atoms with Crippen molar-refractivity contribution in [2.75, 3.05) is 6.61 Å². The highest BCUT2D eigenvalue weighted by Gasteiger charge is 2.08. The molecule has 0 aromatic heterocycles. The summed E-state index contributed by atoms with van der Waals surface area (Å²) in [5.41, 5.74) is 1.21. The first-order valence-corrected chi connectivity index (χ1v) is 7.24. The number of rotatable bonds is 8. The molecule has 0 N–H and O–H groups in total. The molecule has 2 heteroatoms. The van der Waals surface area contributed by atoms with E-state index in [0.29, 0.717) is 18.1 Å². The summed E-state index contributed by atoms with van der Waals surface area (Å²) in [4.78, 5) is 11.6. The van der Waals surface area contributed by atoms with Crippen LogP contribution in [0.25, 0.3) is 0 Å². The highest BCUT2D eigenvalue weighted by Crippen LogP contribution is 2.21. The Balaban J connectivity index is 2.50. The van der Waals surface area contributed by atoms with E-state index >= 15 is 0 Å². The third-order valence-corrected chi connectivity index (χ3v) is 3.06. The van der Waals surface area contributed by atoms with Crippen LogP contribution in [-0.4, -0.2) is 12.4 Å². The minimum atomic E-state index is 0.146. The number of benzene rings is 1. The van der Waals surface area contributed by atoms with Crippen LogP contribution in [0.2, 0.25) is 0 Å². The Morgan fingerprint density at radius 2 is 1.84 bits per heavy atom. The molecule has 0 amide bonds. The van der Waals surface area contributed by atoms with Crippen molar-refractivity contribution in [3.05, 3.63) is 29.8 Å². The molecular weight excluding hydrogens is 236 g/mol. The molecular formula is C17H26O2. The first-order chi connectivity index (χ1) is 9.00. The molecule has 0 heterocycles. The number of carbonyl (C=O) groups is 1. The fourth-order valence-corrected chi connectivity index (χ4v) is 1.85. The van der Waals surface area contributed by atoms with Crippen LogP contribution in [0.15, 0.2) is 24.3 Å². The first kappa shape index (κ1) is 15.7. The molecule has 0 aliphatic rings. The van der Waals surface area contributed by atoms with Crippen molar-refractivity contribution in [3.63, 3.8) is 0 Å². The van der Waals surface area contributed by atoms with Gasteiger partial charge in [0.15, 0.2) is 0 Å². The Morgan fingerprint density at radius 1 is 1.16 bits per heavy atom. The minimum absolute atomic E-state index is 0.146. The summed E-state index contributed by atoms with van der Waals surface area (Å²) >= 11 is 0. The van der Waals surface area contributed by atoms with Crippen LogP contribution >= 0.6 is 0 Å². The van der Waals surface area contributed by atoms with Gasteiger partial charge in [-0.05, 0) is 30.4 Å². The Hall–Kier alpha value is -1.31. The van der Waals surface area contributed by atoms with Gasteiger partial charge in [-0.15, -0.1) is 0 Å². The van der Waals surface area contributed by atoms with Gasteiger partial charge < -0.3 is 4.74 Å². The molecule has 19 heavy (non-hydrogen) atoms. The zero-order chi connectivity index (χ0) is 14.3. The summed E-state index contributed by atoms with van der Waals surface area (Å²) in [6.07, 6.45) is 2.47. The molecule has 1 aromatic carbocycles. The average Bonchev–Trinajstić information content (AvgIpc) is 2.37. The fraction of sp³-hybridized carbons (Fsp3) is 0.588. The van der Waals surface area contributed by atoms with Crippen LogP contribution in [0, 0.1) is 11.8 Å². The second-order valence-corrected chi connectivity index (χ2v) is 5.79. The lowest BCUT2D eigenvalue weighted by Gasteiger charge is -2.13. The molecule has 0 atom stereocenters. The van der Waals surface area contributed by atoms with Gasteiger partial charge in [-0.1, -0.05) is 45.9 Å². The van der Waals surface area contributed by atoms with Crippen LogP contribution in [0.4, 0.5) is 0 Å². The van der Waals surface area contributed by atoms with E-state index in [2.05, 4.69) is 19.9 Å². The zero-order valence-electron chi connectivity index (χ0n) is 12.6. The molecule has 106 valence electrons. The van der Waals surface area contributed by atoms with Crippen LogP contribution in [-0.2, 0) is 11.2 Å². The summed E-state index contributed by atoms with van der Waals surface area (Å²) in [5, 5.41) is 0. The van der Waals surface area contributed by atoms with E-state index in [1.807, 2.05) is 32.0 Å². The predicted molar refractivity (Wildman–Crippen MR) is 79.6 cm³/mol. The number of ketones is 1. The van der Waals surface area contributed by atoms with Crippen LogP contribution in [0.1, 0.15) is 46.1 Å². The number of aryl methyl sites for hydroxylation is 1. The van der Waals surface area contributed by atoms with Gasteiger partial charge in [0.25, 0.3) is 0 Å². The quantitative estimate of drug-likeness (QED) is 0.699. The third kappa shape index (κ3) is 5.91. The molecule has 0 spiro atoms. The Morgan fingerprint density at radius 3 is 2.47 bits per heavy atom. The maximum absolute atomic E-state index is 11.6. The SMILES string of the molecule is CC(C)COc1ccccc1CCCC(=O)C(C)C. The molecule has 0 aliphatic heterocycles. The molecule has 0 radical (unpaired) electrons. The molecule has 0 saturated carbocycles. The number of hydrogen-bond acceptors (Lipinski definition) is 2. The van der Waals surface area contributed by atoms with Crippen molar-refractivity contribution < 1.29 is 9.53 Å². The van der Waals surface area contributed by atoms with E-state index in [1.54, 1.807) is 0 Å². The van der Waals surface area contributed by atoms with Crippen LogP contribution in [0.5, 0.6) is 5.75 Å². The smallest absolute Gasteiger partial charge is 0.135 e. The number of Topliss-reactive ketones (excluding diaryl/α,β-unsaturated/α-hetero) is 1. The van der Waals surface area contributed by atoms with Crippen LogP contribution < -0.4 is 4.74 Å². The van der Waals surface area contributed by atoms with Crippen molar-refractivity contribution in [1.82, 2.24) is 0 Å². The molecule has 1 rings (SSSR count). The van der Waals surface area contributed by atoms with Gasteiger partial charge in [-0.25, -0.2) is 0 Å². The summed E-state index contributed by atoms with van der Waals surface area (Å²) in [6.45, 7) is 8.94. The molecule has 0 aliphatic carbocycles. The van der Waals surface area contributed by atoms with E-state index in [0.717, 1.165) is 25.2 Å². The lowest BCUT2D eigenvalue weighted by Crippen LogP contribution is -2.08. The van der Waals surface area contributed by atoms with Crippen molar-refractivity contribution in [2.24, 2.45) is 11.8 Å². The van der Waals surface area contributed by atoms with Crippen molar-refractivity contribution in [2.45, 2.75) is 47.0 Å². The largest absolute Gasteiger partial charge is 0.493 e. The molecule has 0 fully saturated rings. The van der Waals surface area contributed by atoms with E-state index in [1.165, 1.54) is 5.56 Å². The van der Waals surface area contributed by atoms with Gasteiger partial charge >= 0.3 is 0 Å². The van der Waals surface area contributed by atoms with E-state index in [4.69, 9.17) is 4.74 Å². The van der Waals surface area contributed by atoms with Gasteiger partial charge in [-0.2, -0.15) is 0 Å². The topological polar surface area (TPSA) is 26.3 Å². The average molecular weight is 262 g/mol. The van der Waals surface area contributed by atoms with E-state index in [9.17, 15) is 4.79 Å². The van der Waals surface area contributed by atoms with Crippen molar-refractivity contribution >= 4 is 5.78 Å². The van der Waals surface area contributed by atoms with Crippen molar-refractivity contribution in [3.8, 4) is 5.75 Å². The Bertz CT molecular complexity index is 394. The standard InChI is InChI=1S/C17H26O2/c1-13(2)12-19-17-11-6-5-8-15(17)9-7-10-16(18)14(3)4/h5-6,8,11,13-14H,7,9-10,12H2,1-4H3. The Labute approximate surface area is 117 Å². The zero-order valence-corrected chi connectivity index (χ0v) is 12.6. The highest BCUT2D eigenvalue weighted by atomic mass is 16.5. The van der Waals surface area contributed by atoms with Gasteiger partial charge in [0.2, 0.25) is 0 Å². The molecule has 1 aromatic rings. The molecule has 0 saturated heterocycles. The van der Waals surface area contributed by atoms with Gasteiger partial charge in [-0.3, -0.25) is 4.79 Å². The fourth-order valence-electron chi connectivity index (χ4n) is 1.85. The third-order valence-electron chi connectivity index (χ3n) is 3.06. The highest BCUT2D eigenvalue weighted by molar-refractivity contribution is 5.80. The van der Waals surface area contributed by atoms with Gasteiger partial charge in [0.1, 0.15) is 11.5 Å². The number of carbonyl (C=O) groups excluding carboxylic acids is 1. The Kier molecular flexibility index (Phi) is 6.61. The molecule has 0 unspecified atom stereocenters. The lowest BCUT2D eigenvalue weighted by molar-refractivity contribution is -0.121. The van der Waals surface area contributed by atoms with E-state index < -0.39 is 0 Å². The number of ether oxygens (including phenoxy) is 1. The monoisotopic (exact) mass is 262 g/mol. The maximum Gasteiger partial charge on any atom is 0.135 e. The van der Waals surface area contributed by atoms with Gasteiger partial charge in [0.05, 0.1) is 6.61 Å². The number of hydrogen-bond donors (Lipinski definition) is 0. The first-order valence-electron chi connectivity index (χ1n) is 7.24. The maximum atomic E-state index is 11.6. The second-order valence-electron chi connectivity index (χ2n) is 5.79. The lowest BCUT2D eigenvalue weighted by atomic mass is 10.0. The molecule has 2 nitrogen and oxygen atoms in total. The molecule has 0 bridgehead atoms. The van der Waals surface area contributed by atoms with Gasteiger partial charge in [0, 0.05) is 12.3 Å².